The molecule has 172 valence electrons. The van der Waals surface area contributed by atoms with E-state index in [0.29, 0.717) is 12.4 Å². The van der Waals surface area contributed by atoms with E-state index in [1.807, 2.05) is 0 Å². The Hall–Kier alpha value is -4.44. The summed E-state index contributed by atoms with van der Waals surface area (Å²) < 4.78 is 11.2. The number of nitro benzene ring substituents is 1. The smallest absolute Gasteiger partial charge is 0.336 e. The van der Waals surface area contributed by atoms with Gasteiger partial charge in [0.1, 0.15) is 22.8 Å². The fourth-order valence-electron chi connectivity index (χ4n) is 3.33. The second kappa shape index (κ2) is 9.20. The summed E-state index contributed by atoms with van der Waals surface area (Å²) >= 11 is 6.15. The lowest BCUT2D eigenvalue weighted by Crippen LogP contribution is -2.54. The Bertz CT molecular complexity index is 1360. The highest BCUT2D eigenvalue weighted by Gasteiger charge is 2.38. The molecule has 2 aromatic carbocycles. The fourth-order valence-corrected chi connectivity index (χ4v) is 3.54. The number of ether oxygens (including phenoxy) is 1. The average Bonchev–Trinajstić information content (AvgIpc) is 3.26. The fraction of sp³-hybridized carbons (Fsp3) is 0.0870. The Morgan fingerprint density at radius 3 is 2.65 bits per heavy atom. The van der Waals surface area contributed by atoms with E-state index < -0.39 is 22.8 Å². The first-order valence-corrected chi connectivity index (χ1v) is 10.4. The Kier molecular flexibility index (Phi) is 6.15. The van der Waals surface area contributed by atoms with Crippen molar-refractivity contribution in [3.05, 3.63) is 81.1 Å². The topological polar surface area (TPSA) is 132 Å². The van der Waals surface area contributed by atoms with Crippen LogP contribution in [0.3, 0.4) is 0 Å². The number of rotatable bonds is 6. The second-order valence-corrected chi connectivity index (χ2v) is 7.39. The largest absolute Gasteiger partial charge is 0.492 e. The molecule has 1 N–H and O–H groups in total. The third kappa shape index (κ3) is 4.26. The molecule has 1 aliphatic rings. The van der Waals surface area contributed by atoms with Gasteiger partial charge in [-0.2, -0.15) is 0 Å². The van der Waals surface area contributed by atoms with Gasteiger partial charge in [-0.1, -0.05) is 23.7 Å². The van der Waals surface area contributed by atoms with Crippen LogP contribution < -0.4 is 15.0 Å². The van der Waals surface area contributed by atoms with Crippen LogP contribution in [-0.4, -0.2) is 29.4 Å². The summed E-state index contributed by atoms with van der Waals surface area (Å²) in [5, 5.41) is 13.4. The maximum Gasteiger partial charge on any atom is 0.336 e. The van der Waals surface area contributed by atoms with Gasteiger partial charge >= 0.3 is 6.03 Å². The molecular formula is C23H16ClN3O7. The molecule has 0 bridgehead atoms. The Morgan fingerprint density at radius 2 is 1.91 bits per heavy atom. The van der Waals surface area contributed by atoms with E-state index >= 15 is 0 Å². The molecule has 2 heterocycles. The number of amides is 4. The van der Waals surface area contributed by atoms with E-state index in [4.69, 9.17) is 20.8 Å². The number of imide groups is 2. The Morgan fingerprint density at radius 1 is 1.15 bits per heavy atom. The molecule has 0 unspecified atom stereocenters. The number of hydrogen-bond acceptors (Lipinski definition) is 7. The minimum absolute atomic E-state index is 0.100. The summed E-state index contributed by atoms with van der Waals surface area (Å²) in [5.74, 6) is -1.18. The van der Waals surface area contributed by atoms with Crippen molar-refractivity contribution in [1.29, 1.82) is 0 Å². The molecule has 4 rings (SSSR count). The lowest BCUT2D eigenvalue weighted by molar-refractivity contribution is -0.384. The van der Waals surface area contributed by atoms with Crippen LogP contribution in [0.25, 0.3) is 17.4 Å². The van der Waals surface area contributed by atoms with Crippen LogP contribution in [0.4, 0.5) is 16.2 Å². The predicted molar refractivity (Wildman–Crippen MR) is 122 cm³/mol. The zero-order valence-corrected chi connectivity index (χ0v) is 18.4. The first-order chi connectivity index (χ1) is 16.3. The normalized spacial score (nSPS) is 14.9. The maximum atomic E-state index is 13.1. The van der Waals surface area contributed by atoms with E-state index in [2.05, 4.69) is 5.32 Å². The average molecular weight is 482 g/mol. The number of nitrogens with one attached hydrogen (secondary N) is 1. The summed E-state index contributed by atoms with van der Waals surface area (Å²) in [6.07, 6.45) is 1.18. The van der Waals surface area contributed by atoms with E-state index in [-0.39, 0.29) is 39.1 Å². The van der Waals surface area contributed by atoms with Crippen molar-refractivity contribution in [2.45, 2.75) is 6.92 Å². The van der Waals surface area contributed by atoms with Crippen LogP contribution in [-0.2, 0) is 9.59 Å². The van der Waals surface area contributed by atoms with Crippen molar-refractivity contribution < 1.29 is 28.5 Å². The predicted octanol–water partition coefficient (Wildman–Crippen LogP) is 4.57. The molecule has 0 atom stereocenters. The highest BCUT2D eigenvalue weighted by Crippen LogP contribution is 2.34. The van der Waals surface area contributed by atoms with E-state index in [9.17, 15) is 24.5 Å². The standard InChI is InChI=1S/C23H16ClN3O7/c1-2-33-20-6-4-3-5-18(20)26-22(29)16(21(28)25-23(26)30)12-14-8-10-19(34-14)15-11-13(27(31)32)7-9-17(15)24/h3-12H,2H2,1H3,(H,25,28,30)/b16-12+. The number of carbonyl (C=O) groups excluding carboxylic acids is 3. The minimum atomic E-state index is -0.914. The number of urea groups is 1. The molecule has 10 nitrogen and oxygen atoms in total. The molecule has 34 heavy (non-hydrogen) atoms. The molecule has 1 aromatic heterocycles. The molecule has 11 heteroatoms. The van der Waals surface area contributed by atoms with Crippen molar-refractivity contribution >= 4 is 46.9 Å². The van der Waals surface area contributed by atoms with Gasteiger partial charge in [-0.3, -0.25) is 25.0 Å². The van der Waals surface area contributed by atoms with Gasteiger partial charge in [-0.25, -0.2) is 9.69 Å². The molecule has 4 amide bonds. The molecule has 0 aliphatic carbocycles. The lowest BCUT2D eigenvalue weighted by Gasteiger charge is -2.27. The van der Waals surface area contributed by atoms with Gasteiger partial charge in [0, 0.05) is 17.7 Å². The molecule has 0 radical (unpaired) electrons. The number of hydrogen-bond donors (Lipinski definition) is 1. The number of anilines is 1. The highest BCUT2D eigenvalue weighted by atomic mass is 35.5. The number of furan rings is 1. The third-order valence-electron chi connectivity index (χ3n) is 4.85. The number of non-ortho nitro benzene ring substituents is 1. The summed E-state index contributed by atoms with van der Waals surface area (Å²) in [6, 6.07) is 12.4. The Labute approximate surface area is 197 Å². The number of benzene rings is 2. The van der Waals surface area contributed by atoms with Gasteiger partial charge in [0.2, 0.25) is 0 Å². The van der Waals surface area contributed by atoms with Gasteiger partial charge in [-0.15, -0.1) is 0 Å². The second-order valence-electron chi connectivity index (χ2n) is 6.98. The zero-order valence-electron chi connectivity index (χ0n) is 17.6. The molecule has 1 fully saturated rings. The van der Waals surface area contributed by atoms with Gasteiger partial charge in [-0.05, 0) is 43.3 Å². The van der Waals surface area contributed by atoms with Crippen LogP contribution in [0.5, 0.6) is 5.75 Å². The summed E-state index contributed by atoms with van der Waals surface area (Å²) in [6.45, 7) is 2.06. The Balaban J connectivity index is 1.70. The van der Waals surface area contributed by atoms with Crippen molar-refractivity contribution in [1.82, 2.24) is 5.32 Å². The van der Waals surface area contributed by atoms with Gasteiger partial charge in [0.25, 0.3) is 17.5 Å². The van der Waals surface area contributed by atoms with Crippen molar-refractivity contribution in [2.24, 2.45) is 0 Å². The molecule has 1 aliphatic heterocycles. The quantitative estimate of drug-likeness (QED) is 0.236. The number of nitrogens with zero attached hydrogens (tertiary/aromatic N) is 2. The minimum Gasteiger partial charge on any atom is -0.492 e. The van der Waals surface area contributed by atoms with Crippen LogP contribution in [0.15, 0.2) is 64.6 Å². The third-order valence-corrected chi connectivity index (χ3v) is 5.18. The zero-order chi connectivity index (χ0) is 24.4. The summed E-state index contributed by atoms with van der Waals surface area (Å²) in [4.78, 5) is 49.4. The number of carbonyl (C=O) groups is 3. The van der Waals surface area contributed by atoms with Crippen LogP contribution in [0.2, 0.25) is 5.02 Å². The number of barbiturate groups is 1. The van der Waals surface area contributed by atoms with Crippen LogP contribution in [0.1, 0.15) is 12.7 Å². The lowest BCUT2D eigenvalue weighted by atomic mass is 10.1. The first-order valence-electron chi connectivity index (χ1n) is 9.97. The van der Waals surface area contributed by atoms with Crippen LogP contribution >= 0.6 is 11.6 Å². The number of halogens is 1. The number of nitro groups is 1. The van der Waals surface area contributed by atoms with Crippen LogP contribution in [0, 0.1) is 10.1 Å². The summed E-state index contributed by atoms with van der Waals surface area (Å²) in [7, 11) is 0. The summed E-state index contributed by atoms with van der Waals surface area (Å²) in [5.41, 5.74) is -0.0901. The number of para-hydroxylation sites is 2. The molecule has 0 spiro atoms. The van der Waals surface area contributed by atoms with Crippen molar-refractivity contribution in [2.75, 3.05) is 11.5 Å². The SMILES string of the molecule is CCOc1ccccc1N1C(=O)NC(=O)/C(=C\c2ccc(-c3cc([N+](=O)[O-])ccc3Cl)o2)C1=O. The van der Waals surface area contributed by atoms with Crippen molar-refractivity contribution in [3.8, 4) is 17.1 Å². The monoisotopic (exact) mass is 481 g/mol. The van der Waals surface area contributed by atoms with Gasteiger partial charge in [0.15, 0.2) is 0 Å². The van der Waals surface area contributed by atoms with Crippen molar-refractivity contribution in [3.63, 3.8) is 0 Å². The van der Waals surface area contributed by atoms with E-state index in [1.165, 1.54) is 42.5 Å². The highest BCUT2D eigenvalue weighted by molar-refractivity contribution is 6.39. The van der Waals surface area contributed by atoms with E-state index in [1.54, 1.807) is 25.1 Å². The first kappa shape index (κ1) is 22.7. The van der Waals surface area contributed by atoms with E-state index in [0.717, 1.165) is 4.90 Å². The van der Waals surface area contributed by atoms with Gasteiger partial charge < -0.3 is 9.15 Å². The molecule has 1 saturated heterocycles. The maximum absolute atomic E-state index is 13.1. The molecule has 3 aromatic rings. The molecular weight excluding hydrogens is 466 g/mol. The van der Waals surface area contributed by atoms with Gasteiger partial charge in [0.05, 0.1) is 22.2 Å². The molecule has 0 saturated carbocycles.